The van der Waals surface area contributed by atoms with E-state index >= 15 is 0 Å². The first kappa shape index (κ1) is 19.8. The highest BCUT2D eigenvalue weighted by atomic mass is 19.4. The van der Waals surface area contributed by atoms with Gasteiger partial charge in [0.05, 0.1) is 5.92 Å². The minimum Gasteiger partial charge on any atom is -0.508 e. The van der Waals surface area contributed by atoms with Gasteiger partial charge in [0.25, 0.3) is 0 Å². The summed E-state index contributed by atoms with van der Waals surface area (Å²) in [5, 5.41) is 10.0. The number of para-hydroxylation sites is 1. The molecular weight excluding hydrogens is 405 g/mol. The van der Waals surface area contributed by atoms with E-state index in [0.29, 0.717) is 17.4 Å². The number of carbonyl (C=O) groups is 1. The van der Waals surface area contributed by atoms with E-state index in [1.807, 2.05) is 0 Å². The van der Waals surface area contributed by atoms with Gasteiger partial charge in [0, 0.05) is 29.0 Å². The summed E-state index contributed by atoms with van der Waals surface area (Å²) in [5.41, 5.74) is 0.170. The molecule has 2 atom stereocenters. The molecule has 1 aliphatic carbocycles. The molecule has 2 aromatic carbocycles. The Kier molecular flexibility index (Phi) is 4.89. The molecule has 1 aromatic heterocycles. The van der Waals surface area contributed by atoms with Gasteiger partial charge in [-0.2, -0.15) is 0 Å². The van der Waals surface area contributed by atoms with Crippen molar-refractivity contribution < 1.29 is 37.0 Å². The van der Waals surface area contributed by atoms with Gasteiger partial charge in [-0.3, -0.25) is 4.79 Å². The zero-order valence-electron chi connectivity index (χ0n) is 15.3. The SMILES string of the molecule is O=C(OCc1cc(=O)oc2cc(O)ccc12)C1CC1c1ccccc1OC(F)(F)F. The molecular formula is C21H15F3O6. The van der Waals surface area contributed by atoms with Gasteiger partial charge in [0.15, 0.2) is 0 Å². The minimum absolute atomic E-state index is 0.0830. The third kappa shape index (κ3) is 4.24. The molecule has 0 saturated heterocycles. The summed E-state index contributed by atoms with van der Waals surface area (Å²) >= 11 is 0. The normalized spacial score (nSPS) is 18.2. The van der Waals surface area contributed by atoms with Gasteiger partial charge >= 0.3 is 18.0 Å². The van der Waals surface area contributed by atoms with Gasteiger partial charge in [0.1, 0.15) is 23.7 Å². The van der Waals surface area contributed by atoms with E-state index in [9.17, 15) is 27.9 Å². The number of hydrogen-bond donors (Lipinski definition) is 1. The van der Waals surface area contributed by atoms with Gasteiger partial charge in [-0.05, 0) is 30.2 Å². The predicted molar refractivity (Wildman–Crippen MR) is 97.9 cm³/mol. The van der Waals surface area contributed by atoms with Crippen LogP contribution in [-0.2, 0) is 16.1 Å². The number of rotatable bonds is 5. The fourth-order valence-corrected chi connectivity index (χ4v) is 3.40. The zero-order valence-corrected chi connectivity index (χ0v) is 15.3. The number of aromatic hydroxyl groups is 1. The average molecular weight is 420 g/mol. The molecule has 30 heavy (non-hydrogen) atoms. The van der Waals surface area contributed by atoms with Crippen LogP contribution < -0.4 is 10.4 Å². The first-order valence-electron chi connectivity index (χ1n) is 8.98. The van der Waals surface area contributed by atoms with Crippen molar-refractivity contribution in [3.8, 4) is 11.5 Å². The highest BCUT2D eigenvalue weighted by Gasteiger charge is 2.47. The molecule has 1 N–H and O–H groups in total. The largest absolute Gasteiger partial charge is 0.573 e. The second-order valence-corrected chi connectivity index (χ2v) is 6.91. The Labute approximate surface area is 167 Å². The van der Waals surface area contributed by atoms with Crippen LogP contribution in [0.15, 0.2) is 57.7 Å². The summed E-state index contributed by atoms with van der Waals surface area (Å²) in [6.45, 7) is -0.213. The van der Waals surface area contributed by atoms with Gasteiger partial charge in [-0.25, -0.2) is 4.79 Å². The van der Waals surface area contributed by atoms with Crippen molar-refractivity contribution in [3.05, 3.63) is 70.1 Å². The summed E-state index contributed by atoms with van der Waals surface area (Å²) in [4.78, 5) is 24.1. The quantitative estimate of drug-likeness (QED) is 0.491. The standard InChI is InChI=1S/C21H15F3O6/c22-21(23,24)30-17-4-2-1-3-14(17)15-9-16(15)20(27)28-10-11-7-19(26)29-18-8-12(25)5-6-13(11)18/h1-8,15-16,25H,9-10H2. The molecule has 0 amide bonds. The Morgan fingerprint density at radius 2 is 1.93 bits per heavy atom. The fraction of sp³-hybridized carbons (Fsp3) is 0.238. The molecule has 0 radical (unpaired) electrons. The Morgan fingerprint density at radius 1 is 1.17 bits per heavy atom. The molecule has 156 valence electrons. The lowest BCUT2D eigenvalue weighted by Crippen LogP contribution is -2.18. The van der Waals surface area contributed by atoms with Gasteiger partial charge in [-0.1, -0.05) is 18.2 Å². The van der Waals surface area contributed by atoms with Crippen LogP contribution in [0.2, 0.25) is 0 Å². The number of hydrogen-bond acceptors (Lipinski definition) is 6. The second kappa shape index (κ2) is 7.40. The lowest BCUT2D eigenvalue weighted by atomic mass is 10.1. The third-order valence-electron chi connectivity index (χ3n) is 4.82. The van der Waals surface area contributed by atoms with Crippen molar-refractivity contribution in [2.24, 2.45) is 5.92 Å². The van der Waals surface area contributed by atoms with Crippen LogP contribution in [0.4, 0.5) is 13.2 Å². The number of carbonyl (C=O) groups excluding carboxylic acids is 1. The number of fused-ring (bicyclic) bond motifs is 1. The molecule has 1 heterocycles. The van der Waals surface area contributed by atoms with Crippen molar-refractivity contribution in [3.63, 3.8) is 0 Å². The van der Waals surface area contributed by atoms with Crippen LogP contribution in [-0.4, -0.2) is 17.4 Å². The van der Waals surface area contributed by atoms with E-state index in [1.165, 1.54) is 42.5 Å². The monoisotopic (exact) mass is 420 g/mol. The molecule has 0 bridgehead atoms. The van der Waals surface area contributed by atoms with E-state index in [1.54, 1.807) is 6.07 Å². The smallest absolute Gasteiger partial charge is 0.508 e. The average Bonchev–Trinajstić information content (AvgIpc) is 3.45. The van der Waals surface area contributed by atoms with E-state index < -0.39 is 29.8 Å². The number of phenolic OH excluding ortho intramolecular Hbond substituents is 1. The van der Waals surface area contributed by atoms with E-state index in [0.717, 1.165) is 0 Å². The fourth-order valence-electron chi connectivity index (χ4n) is 3.40. The third-order valence-corrected chi connectivity index (χ3v) is 4.82. The summed E-state index contributed by atoms with van der Waals surface area (Å²) in [7, 11) is 0. The van der Waals surface area contributed by atoms with Crippen molar-refractivity contribution in [1.82, 2.24) is 0 Å². The van der Waals surface area contributed by atoms with Gasteiger partial charge in [0.2, 0.25) is 0 Å². The van der Waals surface area contributed by atoms with Crippen molar-refractivity contribution in [2.75, 3.05) is 0 Å². The van der Waals surface area contributed by atoms with Crippen molar-refractivity contribution >= 4 is 16.9 Å². The van der Waals surface area contributed by atoms with Crippen LogP contribution >= 0.6 is 0 Å². The molecule has 0 spiro atoms. The Hall–Kier alpha value is -3.49. The lowest BCUT2D eigenvalue weighted by Gasteiger charge is -2.13. The van der Waals surface area contributed by atoms with Gasteiger partial charge in [-0.15, -0.1) is 13.2 Å². The number of ether oxygens (including phenoxy) is 2. The molecule has 3 aromatic rings. The lowest BCUT2D eigenvalue weighted by molar-refractivity contribution is -0.274. The molecule has 9 heteroatoms. The molecule has 1 aliphatic rings. The Balaban J connectivity index is 1.46. The number of benzene rings is 2. The van der Waals surface area contributed by atoms with Crippen LogP contribution in [0, 0.1) is 5.92 Å². The van der Waals surface area contributed by atoms with Gasteiger partial charge < -0.3 is 19.0 Å². The highest BCUT2D eigenvalue weighted by Crippen LogP contribution is 2.51. The van der Waals surface area contributed by atoms with Crippen molar-refractivity contribution in [2.45, 2.75) is 25.3 Å². The van der Waals surface area contributed by atoms with Crippen LogP contribution in [0.1, 0.15) is 23.5 Å². The number of alkyl halides is 3. The molecule has 4 rings (SSSR count). The summed E-state index contributed by atoms with van der Waals surface area (Å²) < 4.78 is 52.1. The minimum atomic E-state index is -4.83. The summed E-state index contributed by atoms with van der Waals surface area (Å²) in [6.07, 6.45) is -4.49. The number of phenols is 1. The summed E-state index contributed by atoms with van der Waals surface area (Å²) in [5.74, 6) is -2.04. The van der Waals surface area contributed by atoms with E-state index in [-0.39, 0.29) is 29.3 Å². The van der Waals surface area contributed by atoms with Crippen LogP contribution in [0.5, 0.6) is 11.5 Å². The Bertz CT molecular complexity index is 1170. The van der Waals surface area contributed by atoms with E-state index in [2.05, 4.69) is 4.74 Å². The Morgan fingerprint density at radius 3 is 2.70 bits per heavy atom. The summed E-state index contributed by atoms with van der Waals surface area (Å²) in [6, 6.07) is 11.1. The van der Waals surface area contributed by atoms with E-state index in [4.69, 9.17) is 9.15 Å². The maximum atomic E-state index is 12.6. The van der Waals surface area contributed by atoms with Crippen LogP contribution in [0.3, 0.4) is 0 Å². The predicted octanol–water partition coefficient (Wildman–Crippen LogP) is 4.24. The molecule has 1 saturated carbocycles. The maximum Gasteiger partial charge on any atom is 0.573 e. The molecule has 6 nitrogen and oxygen atoms in total. The molecule has 2 unspecified atom stereocenters. The first-order chi connectivity index (χ1) is 14.2. The first-order valence-corrected chi connectivity index (χ1v) is 8.98. The van der Waals surface area contributed by atoms with Crippen LogP contribution in [0.25, 0.3) is 11.0 Å². The molecule has 0 aliphatic heterocycles. The highest BCUT2D eigenvalue weighted by molar-refractivity contribution is 5.82. The maximum absolute atomic E-state index is 12.6. The number of esters is 1. The van der Waals surface area contributed by atoms with Crippen molar-refractivity contribution in [1.29, 1.82) is 0 Å². The number of halogens is 3. The zero-order chi connectivity index (χ0) is 21.5. The topological polar surface area (TPSA) is 86.0 Å². The molecule has 1 fully saturated rings. The second-order valence-electron chi connectivity index (χ2n) is 6.91.